The molecule has 0 aliphatic rings. The van der Waals surface area contributed by atoms with Gasteiger partial charge in [0.2, 0.25) is 0 Å². The Bertz CT molecular complexity index is 309. The molecule has 0 aromatic rings. The Labute approximate surface area is 122 Å². The number of aliphatic carboxylic acids is 1. The number of aliphatic hydroxyl groups excluding tert-OH is 1. The van der Waals surface area contributed by atoms with Gasteiger partial charge in [0.15, 0.2) is 0 Å². The molecule has 0 radical (unpaired) electrons. The van der Waals surface area contributed by atoms with Gasteiger partial charge in [0.05, 0.1) is 21.1 Å². The first-order valence-corrected chi connectivity index (χ1v) is 7.20. The highest BCUT2D eigenvalue weighted by molar-refractivity contribution is 5.66. The summed E-state index contributed by atoms with van der Waals surface area (Å²) in [7, 11) is 5.72. The maximum atomic E-state index is 10.8. The summed E-state index contributed by atoms with van der Waals surface area (Å²) < 4.78 is 0.477. The third kappa shape index (κ3) is 11.0. The number of carboxylic acids is 1. The summed E-state index contributed by atoms with van der Waals surface area (Å²) in [5.74, 6) is -1.24. The van der Waals surface area contributed by atoms with Crippen LogP contribution in [0.25, 0.3) is 0 Å². The number of carbonyl (C=O) groups excluding carboxylic acids is 1. The molecule has 2 N–H and O–H groups in total. The van der Waals surface area contributed by atoms with Gasteiger partial charge in [0.1, 0.15) is 12.1 Å². The molecule has 0 amide bonds. The van der Waals surface area contributed by atoms with Crippen LogP contribution in [0.15, 0.2) is 12.2 Å². The van der Waals surface area contributed by atoms with Gasteiger partial charge >= 0.3 is 0 Å². The topological polar surface area (TPSA) is 80.6 Å². The number of aliphatic hydroxyl groups is 2. The Morgan fingerprint density at radius 2 is 1.80 bits per heavy atom. The second-order valence-corrected chi connectivity index (χ2v) is 6.43. The van der Waals surface area contributed by atoms with Gasteiger partial charge < -0.3 is 24.6 Å². The molecule has 5 nitrogen and oxygen atoms in total. The van der Waals surface area contributed by atoms with Crippen molar-refractivity contribution >= 4 is 5.97 Å². The predicted octanol–water partition coefficient (Wildman–Crippen LogP) is 0.0627. The molecular formula is C15H29NO4. The number of hydrogen-bond acceptors (Lipinski definition) is 4. The fourth-order valence-corrected chi connectivity index (χ4v) is 2.27. The van der Waals surface area contributed by atoms with Crippen molar-refractivity contribution in [2.24, 2.45) is 0 Å². The second kappa shape index (κ2) is 9.10. The van der Waals surface area contributed by atoms with E-state index in [0.717, 1.165) is 32.1 Å². The number of quaternary nitrogens is 1. The first kappa shape index (κ1) is 19.1. The number of rotatable bonds is 11. The van der Waals surface area contributed by atoms with E-state index in [2.05, 4.69) is 0 Å². The third-order valence-electron chi connectivity index (χ3n) is 2.91. The van der Waals surface area contributed by atoms with Crippen molar-refractivity contribution in [1.29, 1.82) is 0 Å². The smallest absolute Gasteiger partial charge is 0.137 e. The molecule has 5 heteroatoms. The molecule has 0 fully saturated rings. The SMILES string of the molecule is C[N+](C)(C)CC(O)(C=CCCCCCCO)CC(=O)[O-]. The van der Waals surface area contributed by atoms with Crippen molar-refractivity contribution in [3.05, 3.63) is 12.2 Å². The van der Waals surface area contributed by atoms with Crippen LogP contribution in [0, 0.1) is 0 Å². The zero-order valence-corrected chi connectivity index (χ0v) is 13.0. The average Bonchev–Trinajstić information content (AvgIpc) is 2.23. The van der Waals surface area contributed by atoms with Crippen LogP contribution in [0.3, 0.4) is 0 Å². The summed E-state index contributed by atoms with van der Waals surface area (Å²) in [6, 6.07) is 0. The number of nitrogens with zero attached hydrogens (tertiary/aromatic N) is 1. The molecule has 0 aliphatic carbocycles. The van der Waals surface area contributed by atoms with Crippen molar-refractivity contribution in [2.45, 2.75) is 44.1 Å². The molecule has 1 atom stereocenters. The van der Waals surface area contributed by atoms with E-state index in [1.54, 1.807) is 6.08 Å². The van der Waals surface area contributed by atoms with Gasteiger partial charge in [-0.05, 0) is 19.3 Å². The minimum absolute atomic E-state index is 0.227. The Kier molecular flexibility index (Phi) is 8.69. The molecular weight excluding hydrogens is 258 g/mol. The molecule has 118 valence electrons. The second-order valence-electron chi connectivity index (χ2n) is 6.43. The van der Waals surface area contributed by atoms with Gasteiger partial charge in [0, 0.05) is 19.0 Å². The summed E-state index contributed by atoms with van der Waals surface area (Å²) in [5.41, 5.74) is -1.36. The standard InChI is InChI=1S/C15H29NO4/c1-16(2,3)13-15(20,12-14(18)19)10-8-6-4-5-7-9-11-17/h8,10,17,20H,4-7,9,11-13H2,1-3H3. The number of carbonyl (C=O) groups is 1. The van der Waals surface area contributed by atoms with Crippen molar-refractivity contribution in [3.63, 3.8) is 0 Å². The lowest BCUT2D eigenvalue weighted by Gasteiger charge is -2.34. The third-order valence-corrected chi connectivity index (χ3v) is 2.91. The van der Waals surface area contributed by atoms with Gasteiger partial charge in [-0.3, -0.25) is 0 Å². The maximum Gasteiger partial charge on any atom is 0.137 e. The maximum absolute atomic E-state index is 10.8. The Hall–Kier alpha value is -0.910. The summed E-state index contributed by atoms with van der Waals surface area (Å²) in [6.45, 7) is 0.548. The molecule has 0 saturated carbocycles. The van der Waals surface area contributed by atoms with Crippen molar-refractivity contribution < 1.29 is 24.6 Å². The minimum Gasteiger partial charge on any atom is -0.550 e. The van der Waals surface area contributed by atoms with E-state index in [4.69, 9.17) is 5.11 Å². The molecule has 0 saturated heterocycles. The minimum atomic E-state index is -1.36. The lowest BCUT2D eigenvalue weighted by Crippen LogP contribution is -2.50. The fourth-order valence-electron chi connectivity index (χ4n) is 2.27. The van der Waals surface area contributed by atoms with Crippen LogP contribution in [0.4, 0.5) is 0 Å². The molecule has 0 aromatic heterocycles. The highest BCUT2D eigenvalue weighted by Crippen LogP contribution is 2.17. The molecule has 0 bridgehead atoms. The molecule has 1 unspecified atom stereocenters. The molecule has 0 aromatic carbocycles. The zero-order chi connectivity index (χ0) is 15.6. The number of allylic oxidation sites excluding steroid dienone is 1. The molecule has 0 heterocycles. The summed E-state index contributed by atoms with van der Waals surface area (Å²) in [6.07, 6.45) is 7.67. The Balaban J connectivity index is 4.31. The van der Waals surface area contributed by atoms with Gasteiger partial charge in [0.25, 0.3) is 0 Å². The highest BCUT2D eigenvalue weighted by Gasteiger charge is 2.30. The average molecular weight is 287 g/mol. The van der Waals surface area contributed by atoms with E-state index in [0.29, 0.717) is 11.0 Å². The highest BCUT2D eigenvalue weighted by atomic mass is 16.4. The van der Waals surface area contributed by atoms with Gasteiger partial charge in [-0.1, -0.05) is 25.0 Å². The van der Waals surface area contributed by atoms with E-state index < -0.39 is 11.6 Å². The summed E-state index contributed by atoms with van der Waals surface area (Å²) in [4.78, 5) is 10.8. The lowest BCUT2D eigenvalue weighted by atomic mass is 9.97. The fraction of sp³-hybridized carbons (Fsp3) is 0.800. The quantitative estimate of drug-likeness (QED) is 0.320. The number of unbranched alkanes of at least 4 members (excludes halogenated alkanes) is 4. The van der Waals surface area contributed by atoms with Crippen LogP contribution < -0.4 is 5.11 Å². The monoisotopic (exact) mass is 287 g/mol. The molecule has 20 heavy (non-hydrogen) atoms. The Morgan fingerprint density at radius 3 is 2.30 bits per heavy atom. The summed E-state index contributed by atoms with van der Waals surface area (Å²) >= 11 is 0. The molecule has 0 rings (SSSR count). The van der Waals surface area contributed by atoms with Crippen LogP contribution in [0.1, 0.15) is 38.5 Å². The van der Waals surface area contributed by atoms with Crippen LogP contribution in [0.5, 0.6) is 0 Å². The number of carboxylic acid groups (broad SMARTS) is 1. The van der Waals surface area contributed by atoms with Crippen molar-refractivity contribution in [2.75, 3.05) is 34.3 Å². The number of likely N-dealkylation sites (N-methyl/N-ethyl adjacent to an activating group) is 1. The first-order valence-electron chi connectivity index (χ1n) is 7.20. The van der Waals surface area contributed by atoms with Gasteiger partial charge in [-0.25, -0.2) is 0 Å². The van der Waals surface area contributed by atoms with E-state index in [9.17, 15) is 15.0 Å². The largest absolute Gasteiger partial charge is 0.550 e. The van der Waals surface area contributed by atoms with Crippen LogP contribution in [0.2, 0.25) is 0 Å². The van der Waals surface area contributed by atoms with E-state index in [1.807, 2.05) is 27.2 Å². The zero-order valence-electron chi connectivity index (χ0n) is 13.0. The van der Waals surface area contributed by atoms with E-state index in [1.165, 1.54) is 0 Å². The van der Waals surface area contributed by atoms with Crippen molar-refractivity contribution in [1.82, 2.24) is 0 Å². The Morgan fingerprint density at radius 1 is 1.20 bits per heavy atom. The van der Waals surface area contributed by atoms with E-state index >= 15 is 0 Å². The van der Waals surface area contributed by atoms with E-state index in [-0.39, 0.29) is 13.0 Å². The van der Waals surface area contributed by atoms with Crippen LogP contribution in [-0.2, 0) is 4.79 Å². The van der Waals surface area contributed by atoms with Crippen LogP contribution in [-0.4, -0.2) is 60.6 Å². The normalized spacial score (nSPS) is 15.4. The van der Waals surface area contributed by atoms with Gasteiger partial charge in [-0.15, -0.1) is 0 Å². The van der Waals surface area contributed by atoms with Gasteiger partial charge in [-0.2, -0.15) is 0 Å². The van der Waals surface area contributed by atoms with Crippen LogP contribution >= 0.6 is 0 Å². The first-order chi connectivity index (χ1) is 9.18. The summed E-state index contributed by atoms with van der Waals surface area (Å²) in [5, 5.41) is 29.8. The molecule has 0 aliphatic heterocycles. The molecule has 0 spiro atoms. The number of hydrogen-bond donors (Lipinski definition) is 2. The predicted molar refractivity (Wildman–Crippen MR) is 76.8 cm³/mol. The van der Waals surface area contributed by atoms with Crippen molar-refractivity contribution in [3.8, 4) is 0 Å². The lowest BCUT2D eigenvalue weighted by molar-refractivity contribution is -0.876.